The molecule has 1 aliphatic rings. The molecule has 0 radical (unpaired) electrons. The standard InChI is InChI=1S/C21H23FN2O3S.C2H6/c1-14(20-23-21(2,3)19(28-20)11-12-27-24(25)26)16-9-10-17(18(22)13-16)15-7-5-4-6-8-15;1-2/h4-10,13-14,19H,11-12H2,1-3H3;1-2H3. The van der Waals surface area contributed by atoms with E-state index in [0.29, 0.717) is 12.0 Å². The maximum Gasteiger partial charge on any atom is 0.294 e. The Labute approximate surface area is 181 Å². The van der Waals surface area contributed by atoms with Crippen LogP contribution in [0.15, 0.2) is 53.5 Å². The molecule has 2 atom stereocenters. The van der Waals surface area contributed by atoms with E-state index in [1.807, 2.05) is 77.1 Å². The summed E-state index contributed by atoms with van der Waals surface area (Å²) in [4.78, 5) is 19.6. The van der Waals surface area contributed by atoms with Gasteiger partial charge in [0.15, 0.2) is 0 Å². The third kappa shape index (κ3) is 5.81. The van der Waals surface area contributed by atoms with Crippen molar-refractivity contribution < 1.29 is 14.3 Å². The van der Waals surface area contributed by atoms with Crippen molar-refractivity contribution in [3.63, 3.8) is 0 Å². The van der Waals surface area contributed by atoms with Gasteiger partial charge in [-0.3, -0.25) is 4.99 Å². The van der Waals surface area contributed by atoms with Crippen molar-refractivity contribution in [1.82, 2.24) is 0 Å². The fourth-order valence-corrected chi connectivity index (χ4v) is 4.79. The summed E-state index contributed by atoms with van der Waals surface area (Å²) in [6.07, 6.45) is 0.527. The highest BCUT2D eigenvalue weighted by Crippen LogP contribution is 2.42. The zero-order valence-electron chi connectivity index (χ0n) is 18.1. The van der Waals surface area contributed by atoms with Crippen molar-refractivity contribution in [3.05, 3.63) is 70.0 Å². The molecule has 0 bridgehead atoms. The number of thioether (sulfide) groups is 1. The molecule has 1 aliphatic heterocycles. The molecular formula is C23H29FN2O3S. The predicted octanol–water partition coefficient (Wildman–Crippen LogP) is 6.51. The lowest BCUT2D eigenvalue weighted by atomic mass is 9.96. The van der Waals surface area contributed by atoms with Crippen LogP contribution in [-0.2, 0) is 4.84 Å². The van der Waals surface area contributed by atoms with Crippen LogP contribution < -0.4 is 0 Å². The Balaban J connectivity index is 0.00000155. The smallest absolute Gasteiger partial charge is 0.294 e. The Bertz CT molecular complexity index is 887. The molecule has 7 heteroatoms. The van der Waals surface area contributed by atoms with E-state index in [4.69, 9.17) is 4.99 Å². The van der Waals surface area contributed by atoms with Crippen LogP contribution in [0.4, 0.5) is 4.39 Å². The summed E-state index contributed by atoms with van der Waals surface area (Å²) in [5, 5.41) is 10.6. The Morgan fingerprint density at radius 1 is 1.23 bits per heavy atom. The molecule has 0 saturated heterocycles. The van der Waals surface area contributed by atoms with Gasteiger partial charge >= 0.3 is 0 Å². The molecule has 162 valence electrons. The molecule has 1 heterocycles. The first-order valence-corrected chi connectivity index (χ1v) is 11.0. The SMILES string of the molecule is CC.CC(C1=NC(C)(C)C(CCO[N+](=O)[O-])S1)c1ccc(-c2ccccc2)c(F)c1. The monoisotopic (exact) mass is 432 g/mol. The Morgan fingerprint density at radius 2 is 1.90 bits per heavy atom. The van der Waals surface area contributed by atoms with E-state index < -0.39 is 5.09 Å². The van der Waals surface area contributed by atoms with E-state index in [9.17, 15) is 14.5 Å². The van der Waals surface area contributed by atoms with Gasteiger partial charge < -0.3 is 4.84 Å². The van der Waals surface area contributed by atoms with E-state index in [1.165, 1.54) is 0 Å². The molecule has 2 aromatic rings. The van der Waals surface area contributed by atoms with E-state index in [2.05, 4.69) is 4.84 Å². The lowest BCUT2D eigenvalue weighted by molar-refractivity contribution is -0.757. The number of hydrogen-bond donors (Lipinski definition) is 0. The summed E-state index contributed by atoms with van der Waals surface area (Å²) in [7, 11) is 0. The molecule has 0 aliphatic carbocycles. The number of aliphatic imine (C=N–C) groups is 1. The number of halogens is 1. The van der Waals surface area contributed by atoms with Crippen LogP contribution in [-0.4, -0.2) is 27.5 Å². The van der Waals surface area contributed by atoms with E-state index >= 15 is 0 Å². The summed E-state index contributed by atoms with van der Waals surface area (Å²) >= 11 is 1.60. The second kappa shape index (κ2) is 10.6. The van der Waals surface area contributed by atoms with Gasteiger partial charge in [0.05, 0.1) is 17.2 Å². The summed E-state index contributed by atoms with van der Waals surface area (Å²) in [5.41, 5.74) is 1.93. The Hall–Kier alpha value is -2.41. The van der Waals surface area contributed by atoms with Crippen molar-refractivity contribution in [2.45, 2.75) is 57.7 Å². The first kappa shape index (κ1) is 23.9. The highest BCUT2D eigenvalue weighted by atomic mass is 32.2. The molecule has 0 N–H and O–H groups in total. The molecule has 0 aromatic heterocycles. The van der Waals surface area contributed by atoms with Crippen LogP contribution >= 0.6 is 11.8 Å². The average Bonchev–Trinajstić information content (AvgIpc) is 3.03. The van der Waals surface area contributed by atoms with Crippen LogP contribution in [0, 0.1) is 15.9 Å². The normalized spacial score (nSPS) is 18.1. The second-order valence-electron chi connectivity index (χ2n) is 7.38. The second-order valence-corrected chi connectivity index (χ2v) is 8.61. The molecule has 2 aromatic carbocycles. The summed E-state index contributed by atoms with van der Waals surface area (Å²) in [6.45, 7) is 10.1. The number of benzene rings is 2. The maximum atomic E-state index is 14.7. The molecule has 0 spiro atoms. The zero-order valence-corrected chi connectivity index (χ0v) is 18.9. The number of nitrogens with zero attached hydrogens (tertiary/aromatic N) is 2. The summed E-state index contributed by atoms with van der Waals surface area (Å²) in [5.74, 6) is -0.306. The van der Waals surface area contributed by atoms with Crippen molar-refractivity contribution in [2.24, 2.45) is 4.99 Å². The summed E-state index contributed by atoms with van der Waals surface area (Å²) in [6, 6.07) is 14.8. The van der Waals surface area contributed by atoms with Gasteiger partial charge in [-0.15, -0.1) is 21.9 Å². The largest absolute Gasteiger partial charge is 0.314 e. The highest BCUT2D eigenvalue weighted by Gasteiger charge is 2.38. The van der Waals surface area contributed by atoms with Crippen LogP contribution in [0.3, 0.4) is 0 Å². The topological polar surface area (TPSA) is 64.7 Å². The zero-order chi connectivity index (χ0) is 22.3. The van der Waals surface area contributed by atoms with Gasteiger partial charge in [-0.2, -0.15) is 0 Å². The third-order valence-corrected chi connectivity index (χ3v) is 6.76. The van der Waals surface area contributed by atoms with Gasteiger partial charge in [-0.1, -0.05) is 63.2 Å². The van der Waals surface area contributed by atoms with Gasteiger partial charge in [-0.25, -0.2) is 4.39 Å². The van der Waals surface area contributed by atoms with Gasteiger partial charge in [0, 0.05) is 16.7 Å². The highest BCUT2D eigenvalue weighted by molar-refractivity contribution is 8.14. The molecule has 0 saturated carbocycles. The van der Waals surface area contributed by atoms with E-state index in [-0.39, 0.29) is 29.1 Å². The fourth-order valence-electron chi connectivity index (χ4n) is 3.31. The third-order valence-electron chi connectivity index (χ3n) is 4.97. The van der Waals surface area contributed by atoms with Gasteiger partial charge in [0.25, 0.3) is 5.09 Å². The Kier molecular flexibility index (Phi) is 8.41. The molecule has 0 amide bonds. The first-order valence-electron chi connectivity index (χ1n) is 10.2. The molecular weight excluding hydrogens is 403 g/mol. The van der Waals surface area contributed by atoms with Crippen LogP contribution in [0.1, 0.15) is 52.5 Å². The minimum atomic E-state index is -0.770. The maximum absolute atomic E-state index is 14.7. The van der Waals surface area contributed by atoms with Crippen LogP contribution in [0.2, 0.25) is 0 Å². The van der Waals surface area contributed by atoms with Crippen LogP contribution in [0.25, 0.3) is 11.1 Å². The molecule has 2 unspecified atom stereocenters. The van der Waals surface area contributed by atoms with Gasteiger partial charge in [-0.05, 0) is 37.5 Å². The molecule has 3 rings (SSSR count). The van der Waals surface area contributed by atoms with Crippen molar-refractivity contribution in [2.75, 3.05) is 6.61 Å². The van der Waals surface area contributed by atoms with Crippen LogP contribution in [0.5, 0.6) is 0 Å². The van der Waals surface area contributed by atoms with Crippen molar-refractivity contribution >= 4 is 16.8 Å². The first-order chi connectivity index (χ1) is 14.3. The molecule has 30 heavy (non-hydrogen) atoms. The van der Waals surface area contributed by atoms with E-state index in [1.54, 1.807) is 17.8 Å². The number of rotatable bonds is 7. The van der Waals surface area contributed by atoms with E-state index in [0.717, 1.165) is 16.2 Å². The number of hydrogen-bond acceptors (Lipinski definition) is 5. The van der Waals surface area contributed by atoms with Gasteiger partial charge in [0.2, 0.25) is 0 Å². The lowest BCUT2D eigenvalue weighted by Crippen LogP contribution is -2.29. The van der Waals surface area contributed by atoms with Gasteiger partial charge in [0.1, 0.15) is 5.82 Å². The molecule has 5 nitrogen and oxygen atoms in total. The average molecular weight is 433 g/mol. The Morgan fingerprint density at radius 3 is 2.50 bits per heavy atom. The quantitative estimate of drug-likeness (QED) is 0.369. The molecule has 0 fully saturated rings. The minimum absolute atomic E-state index is 0.0473. The predicted molar refractivity (Wildman–Crippen MR) is 122 cm³/mol. The summed E-state index contributed by atoms with van der Waals surface area (Å²) < 4.78 is 14.7. The fraction of sp³-hybridized carbons (Fsp3) is 0.435. The van der Waals surface area contributed by atoms with Crippen molar-refractivity contribution in [3.8, 4) is 11.1 Å². The lowest BCUT2D eigenvalue weighted by Gasteiger charge is -2.22. The minimum Gasteiger partial charge on any atom is -0.314 e. The van der Waals surface area contributed by atoms with Crippen molar-refractivity contribution in [1.29, 1.82) is 0 Å².